The van der Waals surface area contributed by atoms with Crippen LogP contribution in [0.15, 0.2) is 24.3 Å². The third kappa shape index (κ3) is 5.61. The van der Waals surface area contributed by atoms with Crippen molar-refractivity contribution in [2.75, 3.05) is 12.3 Å². The lowest BCUT2D eigenvalue weighted by Gasteiger charge is -2.08. The van der Waals surface area contributed by atoms with E-state index in [1.807, 2.05) is 0 Å². The van der Waals surface area contributed by atoms with Crippen LogP contribution in [0.4, 0.5) is 13.2 Å². The lowest BCUT2D eigenvalue weighted by Crippen LogP contribution is -2.28. The lowest BCUT2D eigenvalue weighted by atomic mass is 10.1. The van der Waals surface area contributed by atoms with E-state index in [4.69, 9.17) is 0 Å². The van der Waals surface area contributed by atoms with Gasteiger partial charge in [-0.25, -0.2) is 13.1 Å². The lowest BCUT2D eigenvalue weighted by molar-refractivity contribution is -0.137. The number of alkyl halides is 3. The van der Waals surface area contributed by atoms with Crippen LogP contribution in [0.25, 0.3) is 0 Å². The summed E-state index contributed by atoms with van der Waals surface area (Å²) >= 11 is 0. The molecule has 1 N–H and O–H groups in total. The zero-order chi connectivity index (χ0) is 14.5. The molecule has 0 atom stereocenters. The van der Waals surface area contributed by atoms with Gasteiger partial charge in [-0.1, -0.05) is 19.1 Å². The van der Waals surface area contributed by atoms with Gasteiger partial charge >= 0.3 is 6.18 Å². The van der Waals surface area contributed by atoms with Crippen LogP contribution in [0.2, 0.25) is 0 Å². The normalized spacial score (nSPS) is 12.6. The molecular weight excluding hydrogens is 279 g/mol. The maximum Gasteiger partial charge on any atom is 0.416 e. The predicted octanol–water partition coefficient (Wildman–Crippen LogP) is 2.58. The quantitative estimate of drug-likeness (QED) is 0.877. The van der Waals surface area contributed by atoms with Crippen molar-refractivity contribution in [2.45, 2.75) is 25.9 Å². The van der Waals surface area contributed by atoms with Crippen LogP contribution in [-0.2, 0) is 22.6 Å². The molecule has 0 fully saturated rings. The Morgan fingerprint density at radius 3 is 2.21 bits per heavy atom. The molecule has 0 heterocycles. The summed E-state index contributed by atoms with van der Waals surface area (Å²) in [5.74, 6) is 0.0556. The molecule has 0 spiro atoms. The zero-order valence-electron chi connectivity index (χ0n) is 10.5. The first-order chi connectivity index (χ1) is 8.74. The van der Waals surface area contributed by atoms with Crippen LogP contribution < -0.4 is 4.72 Å². The highest BCUT2D eigenvalue weighted by molar-refractivity contribution is 7.89. The highest BCUT2D eigenvalue weighted by atomic mass is 32.2. The monoisotopic (exact) mass is 295 g/mol. The van der Waals surface area contributed by atoms with Gasteiger partial charge in [0.05, 0.1) is 11.3 Å². The van der Waals surface area contributed by atoms with Crippen LogP contribution in [0, 0.1) is 0 Å². The van der Waals surface area contributed by atoms with Crippen molar-refractivity contribution in [1.29, 1.82) is 0 Å². The number of halogens is 3. The number of nitrogens with one attached hydrogen (secondary N) is 1. The van der Waals surface area contributed by atoms with E-state index in [1.165, 1.54) is 12.1 Å². The first-order valence-electron chi connectivity index (χ1n) is 5.88. The number of benzene rings is 1. The zero-order valence-corrected chi connectivity index (χ0v) is 11.3. The summed E-state index contributed by atoms with van der Waals surface area (Å²) in [4.78, 5) is 0. The Hall–Kier alpha value is -1.08. The molecule has 0 radical (unpaired) electrons. The minimum absolute atomic E-state index is 0.0556. The molecule has 0 saturated carbocycles. The van der Waals surface area contributed by atoms with Crippen molar-refractivity contribution >= 4 is 10.0 Å². The van der Waals surface area contributed by atoms with E-state index in [2.05, 4.69) is 4.72 Å². The maximum atomic E-state index is 12.3. The molecule has 108 valence electrons. The van der Waals surface area contributed by atoms with E-state index in [9.17, 15) is 21.6 Å². The summed E-state index contributed by atoms with van der Waals surface area (Å²) in [7, 11) is -3.26. The van der Waals surface area contributed by atoms with Gasteiger partial charge in [-0.15, -0.1) is 0 Å². The van der Waals surface area contributed by atoms with Gasteiger partial charge in [-0.05, 0) is 30.5 Å². The molecule has 3 nitrogen and oxygen atoms in total. The molecule has 7 heteroatoms. The Morgan fingerprint density at radius 1 is 1.16 bits per heavy atom. The van der Waals surface area contributed by atoms with E-state index in [-0.39, 0.29) is 12.3 Å². The van der Waals surface area contributed by atoms with Gasteiger partial charge < -0.3 is 0 Å². The second-order valence-corrected chi connectivity index (χ2v) is 6.08. The number of sulfonamides is 1. The molecule has 0 aliphatic carbocycles. The molecule has 0 aliphatic heterocycles. The summed E-state index contributed by atoms with van der Waals surface area (Å²) in [6.45, 7) is 1.95. The van der Waals surface area contributed by atoms with Gasteiger partial charge in [-0.3, -0.25) is 0 Å². The Kier molecular flexibility index (Phi) is 5.37. The average molecular weight is 295 g/mol. The van der Waals surface area contributed by atoms with Gasteiger partial charge in [0.1, 0.15) is 0 Å². The van der Waals surface area contributed by atoms with E-state index in [0.29, 0.717) is 18.4 Å². The fourth-order valence-corrected chi connectivity index (χ4v) is 2.65. The number of rotatable bonds is 6. The summed E-state index contributed by atoms with van der Waals surface area (Å²) in [6.07, 6.45) is -3.46. The molecule has 0 aliphatic rings. The average Bonchev–Trinajstić information content (AvgIpc) is 2.28. The fourth-order valence-electron chi connectivity index (χ4n) is 1.55. The van der Waals surface area contributed by atoms with Crippen molar-refractivity contribution in [3.8, 4) is 0 Å². The minimum Gasteiger partial charge on any atom is -0.215 e. The molecule has 1 rings (SSSR count). The van der Waals surface area contributed by atoms with Gasteiger partial charge in [-0.2, -0.15) is 13.2 Å². The van der Waals surface area contributed by atoms with Crippen LogP contribution in [-0.4, -0.2) is 20.7 Å². The van der Waals surface area contributed by atoms with Gasteiger partial charge in [0, 0.05) is 6.54 Å². The molecule has 0 amide bonds. The summed E-state index contributed by atoms with van der Waals surface area (Å²) in [5, 5.41) is 0. The van der Waals surface area contributed by atoms with Crippen molar-refractivity contribution in [3.05, 3.63) is 35.4 Å². The predicted molar refractivity (Wildman–Crippen MR) is 67.2 cm³/mol. The summed E-state index contributed by atoms with van der Waals surface area (Å²) in [5.41, 5.74) is -0.0463. The van der Waals surface area contributed by atoms with Gasteiger partial charge in [0.25, 0.3) is 0 Å². The van der Waals surface area contributed by atoms with Gasteiger partial charge in [0.2, 0.25) is 10.0 Å². The Balaban J connectivity index is 2.51. The fraction of sp³-hybridized carbons (Fsp3) is 0.500. The third-order valence-corrected chi connectivity index (χ3v) is 4.08. The highest BCUT2D eigenvalue weighted by Crippen LogP contribution is 2.29. The maximum absolute atomic E-state index is 12.3. The number of hydrogen-bond acceptors (Lipinski definition) is 2. The van der Waals surface area contributed by atoms with Crippen LogP contribution >= 0.6 is 0 Å². The van der Waals surface area contributed by atoms with E-state index in [1.54, 1.807) is 6.92 Å². The first kappa shape index (κ1) is 16.0. The molecular formula is C12H16F3NO2S. The summed E-state index contributed by atoms with van der Waals surface area (Å²) < 4.78 is 62.1. The minimum atomic E-state index is -4.35. The molecule has 0 unspecified atom stereocenters. The van der Waals surface area contributed by atoms with Gasteiger partial charge in [0.15, 0.2) is 0 Å². The molecule has 1 aromatic rings. The molecule has 0 aromatic heterocycles. The second kappa shape index (κ2) is 6.38. The second-order valence-electron chi connectivity index (χ2n) is 4.16. The SMILES string of the molecule is CCCS(=O)(=O)NCCc1ccc(C(F)(F)F)cc1. The highest BCUT2D eigenvalue weighted by Gasteiger charge is 2.29. The largest absolute Gasteiger partial charge is 0.416 e. The van der Waals surface area contributed by atoms with Crippen molar-refractivity contribution in [2.24, 2.45) is 0 Å². The molecule has 1 aromatic carbocycles. The smallest absolute Gasteiger partial charge is 0.215 e. The van der Waals surface area contributed by atoms with E-state index >= 15 is 0 Å². The van der Waals surface area contributed by atoms with E-state index in [0.717, 1.165) is 12.1 Å². The van der Waals surface area contributed by atoms with Crippen molar-refractivity contribution in [1.82, 2.24) is 4.72 Å². The Morgan fingerprint density at radius 2 is 1.74 bits per heavy atom. The third-order valence-electron chi connectivity index (χ3n) is 2.49. The van der Waals surface area contributed by atoms with E-state index < -0.39 is 21.8 Å². The summed E-state index contributed by atoms with van der Waals surface area (Å²) in [6, 6.07) is 4.71. The topological polar surface area (TPSA) is 46.2 Å². The standard InChI is InChI=1S/C12H16F3NO2S/c1-2-9-19(17,18)16-8-7-10-3-5-11(6-4-10)12(13,14)15/h3-6,16H,2,7-9H2,1H3. The van der Waals surface area contributed by atoms with Crippen molar-refractivity contribution < 1.29 is 21.6 Å². The molecule has 0 saturated heterocycles. The van der Waals surface area contributed by atoms with Crippen LogP contribution in [0.3, 0.4) is 0 Å². The van der Waals surface area contributed by atoms with Crippen molar-refractivity contribution in [3.63, 3.8) is 0 Å². The Bertz CT molecular complexity index is 495. The van der Waals surface area contributed by atoms with Crippen LogP contribution in [0.1, 0.15) is 24.5 Å². The Labute approximate surface area is 110 Å². The molecule has 0 bridgehead atoms. The first-order valence-corrected chi connectivity index (χ1v) is 7.53. The molecule has 19 heavy (non-hydrogen) atoms. The number of hydrogen-bond donors (Lipinski definition) is 1. The van der Waals surface area contributed by atoms with Crippen LogP contribution in [0.5, 0.6) is 0 Å².